The Balaban J connectivity index is 1.97. The number of pyridine rings is 1. The fourth-order valence-corrected chi connectivity index (χ4v) is 1.91. The van der Waals surface area contributed by atoms with Gasteiger partial charge >= 0.3 is 0 Å². The van der Waals surface area contributed by atoms with E-state index in [9.17, 15) is 0 Å². The van der Waals surface area contributed by atoms with E-state index in [1.54, 1.807) is 6.20 Å². The second-order valence-corrected chi connectivity index (χ2v) is 4.93. The molecule has 0 aliphatic heterocycles. The van der Waals surface area contributed by atoms with Crippen molar-refractivity contribution in [2.24, 2.45) is 5.73 Å². The van der Waals surface area contributed by atoms with Crippen LogP contribution in [0.15, 0.2) is 48.7 Å². The second-order valence-electron chi connectivity index (χ2n) is 4.56. The van der Waals surface area contributed by atoms with Crippen LogP contribution in [0.1, 0.15) is 5.56 Å². The Morgan fingerprint density at radius 2 is 1.90 bits per heavy atom. The van der Waals surface area contributed by atoms with Gasteiger partial charge in [-0.1, -0.05) is 30.3 Å². The van der Waals surface area contributed by atoms with E-state index < -0.39 is 0 Å². The third kappa shape index (κ3) is 4.43. The lowest BCUT2D eigenvalue weighted by Gasteiger charge is -2.15. The van der Waals surface area contributed by atoms with Crippen LogP contribution in [-0.2, 0) is 6.54 Å². The molecule has 4 nitrogen and oxygen atoms in total. The summed E-state index contributed by atoms with van der Waals surface area (Å²) in [7, 11) is 0. The minimum atomic E-state index is 0.0283. The number of anilines is 2. The highest BCUT2D eigenvalue weighted by Crippen LogP contribution is 2.18. The smallest absolute Gasteiger partial charge is 0.149 e. The zero-order chi connectivity index (χ0) is 14.2. The van der Waals surface area contributed by atoms with E-state index in [4.69, 9.17) is 5.73 Å². The lowest BCUT2D eigenvalue weighted by Crippen LogP contribution is -2.30. The average molecular weight is 288 g/mol. The van der Waals surface area contributed by atoms with Crippen LogP contribution in [0.25, 0.3) is 0 Å². The first kappa shape index (κ1) is 14.7. The number of thiol groups is 1. The molecule has 106 valence electrons. The number of nitrogens with one attached hydrogen (secondary N) is 2. The van der Waals surface area contributed by atoms with Crippen molar-refractivity contribution in [3.05, 3.63) is 54.2 Å². The fraction of sp³-hybridized carbons (Fsp3) is 0.267. The van der Waals surface area contributed by atoms with Crippen LogP contribution in [0, 0.1) is 0 Å². The SMILES string of the molecule is NC(CS)CNc1cccnc1NCc1ccccc1. The maximum absolute atomic E-state index is 5.86. The van der Waals surface area contributed by atoms with E-state index in [2.05, 4.69) is 40.4 Å². The van der Waals surface area contributed by atoms with Gasteiger partial charge in [0.2, 0.25) is 0 Å². The van der Waals surface area contributed by atoms with Gasteiger partial charge in [-0.2, -0.15) is 12.6 Å². The molecular weight excluding hydrogens is 268 g/mol. The Kier molecular flexibility index (Phi) is 5.70. The first-order valence-electron chi connectivity index (χ1n) is 6.62. The molecule has 2 rings (SSSR count). The maximum atomic E-state index is 5.86. The number of nitrogens with two attached hydrogens (primary N) is 1. The van der Waals surface area contributed by atoms with Crippen LogP contribution < -0.4 is 16.4 Å². The molecule has 2 aromatic rings. The van der Waals surface area contributed by atoms with Crippen molar-refractivity contribution in [1.82, 2.24) is 4.98 Å². The van der Waals surface area contributed by atoms with Crippen LogP contribution in [-0.4, -0.2) is 23.3 Å². The zero-order valence-corrected chi connectivity index (χ0v) is 12.2. The van der Waals surface area contributed by atoms with Gasteiger partial charge in [-0.25, -0.2) is 4.98 Å². The predicted octanol–water partition coefficient (Wildman–Crippen LogP) is 2.36. The molecule has 1 heterocycles. The summed E-state index contributed by atoms with van der Waals surface area (Å²) < 4.78 is 0. The molecule has 20 heavy (non-hydrogen) atoms. The molecule has 0 bridgehead atoms. The van der Waals surface area contributed by atoms with Crippen molar-refractivity contribution < 1.29 is 0 Å². The summed E-state index contributed by atoms with van der Waals surface area (Å²) in [6.45, 7) is 1.42. The zero-order valence-electron chi connectivity index (χ0n) is 11.3. The summed E-state index contributed by atoms with van der Waals surface area (Å²) in [4.78, 5) is 4.36. The molecule has 0 fully saturated rings. The van der Waals surface area contributed by atoms with Gasteiger partial charge in [0.15, 0.2) is 0 Å². The van der Waals surface area contributed by atoms with Gasteiger partial charge in [-0.3, -0.25) is 0 Å². The highest BCUT2D eigenvalue weighted by Gasteiger charge is 2.05. The molecule has 0 saturated heterocycles. The predicted molar refractivity (Wildman–Crippen MR) is 88.3 cm³/mol. The number of hydrogen-bond acceptors (Lipinski definition) is 5. The average Bonchev–Trinajstić information content (AvgIpc) is 2.52. The van der Waals surface area contributed by atoms with E-state index in [1.165, 1.54) is 5.56 Å². The van der Waals surface area contributed by atoms with Gasteiger partial charge in [0, 0.05) is 31.1 Å². The summed E-state index contributed by atoms with van der Waals surface area (Å²) in [5.74, 6) is 1.49. The van der Waals surface area contributed by atoms with E-state index in [1.807, 2.05) is 30.3 Å². The fourth-order valence-electron chi connectivity index (χ4n) is 1.78. The lowest BCUT2D eigenvalue weighted by molar-refractivity contribution is 0.793. The second kappa shape index (κ2) is 7.77. The van der Waals surface area contributed by atoms with Gasteiger partial charge < -0.3 is 16.4 Å². The summed E-state index contributed by atoms with van der Waals surface area (Å²) in [5.41, 5.74) is 8.03. The lowest BCUT2D eigenvalue weighted by atomic mass is 10.2. The summed E-state index contributed by atoms with van der Waals surface area (Å²) in [5, 5.41) is 6.64. The van der Waals surface area contributed by atoms with Crippen molar-refractivity contribution in [3.8, 4) is 0 Å². The van der Waals surface area contributed by atoms with Gasteiger partial charge in [-0.15, -0.1) is 0 Å². The highest BCUT2D eigenvalue weighted by atomic mass is 32.1. The van der Waals surface area contributed by atoms with Crippen LogP contribution in [0.3, 0.4) is 0 Å². The van der Waals surface area contributed by atoms with Gasteiger partial charge in [0.1, 0.15) is 5.82 Å². The summed E-state index contributed by atoms with van der Waals surface area (Å²) in [6.07, 6.45) is 1.77. The molecular formula is C15H20N4S. The molecule has 4 N–H and O–H groups in total. The molecule has 5 heteroatoms. The number of hydrogen-bond donors (Lipinski definition) is 4. The summed E-state index contributed by atoms with van der Waals surface area (Å²) >= 11 is 4.18. The first-order chi connectivity index (χ1) is 9.79. The van der Waals surface area contributed by atoms with Crippen molar-refractivity contribution in [1.29, 1.82) is 0 Å². The van der Waals surface area contributed by atoms with Crippen LogP contribution >= 0.6 is 12.6 Å². The van der Waals surface area contributed by atoms with Crippen LogP contribution in [0.2, 0.25) is 0 Å². The Labute approximate surface area is 125 Å². The first-order valence-corrected chi connectivity index (χ1v) is 7.26. The highest BCUT2D eigenvalue weighted by molar-refractivity contribution is 7.80. The Morgan fingerprint density at radius 3 is 2.65 bits per heavy atom. The molecule has 1 aromatic heterocycles. The van der Waals surface area contributed by atoms with E-state index in [0.29, 0.717) is 12.3 Å². The maximum Gasteiger partial charge on any atom is 0.149 e. The van der Waals surface area contributed by atoms with Crippen LogP contribution in [0.5, 0.6) is 0 Å². The number of benzene rings is 1. The number of rotatable bonds is 7. The topological polar surface area (TPSA) is 63.0 Å². The van der Waals surface area contributed by atoms with Crippen molar-refractivity contribution in [3.63, 3.8) is 0 Å². The number of nitrogens with zero attached hydrogens (tertiary/aromatic N) is 1. The monoisotopic (exact) mass is 288 g/mol. The normalized spacial score (nSPS) is 11.9. The molecule has 1 unspecified atom stereocenters. The minimum absolute atomic E-state index is 0.0283. The molecule has 1 atom stereocenters. The van der Waals surface area contributed by atoms with Gasteiger partial charge in [-0.05, 0) is 17.7 Å². The largest absolute Gasteiger partial charge is 0.380 e. The third-order valence-electron chi connectivity index (χ3n) is 2.90. The van der Waals surface area contributed by atoms with Crippen molar-refractivity contribution >= 4 is 24.1 Å². The number of aromatic nitrogens is 1. The quantitative estimate of drug-likeness (QED) is 0.591. The van der Waals surface area contributed by atoms with E-state index in [-0.39, 0.29) is 6.04 Å². The van der Waals surface area contributed by atoms with Gasteiger partial charge in [0.05, 0.1) is 5.69 Å². The Morgan fingerprint density at radius 1 is 1.10 bits per heavy atom. The molecule has 0 aliphatic rings. The standard InChI is InChI=1S/C15H20N4S/c16-13(11-20)10-18-14-7-4-8-17-15(14)19-9-12-5-2-1-3-6-12/h1-8,13,18,20H,9-11,16H2,(H,17,19). The molecule has 0 spiro atoms. The van der Waals surface area contributed by atoms with Crippen molar-refractivity contribution in [2.45, 2.75) is 12.6 Å². The molecule has 0 saturated carbocycles. The third-order valence-corrected chi connectivity index (χ3v) is 3.37. The minimum Gasteiger partial charge on any atom is -0.380 e. The molecule has 0 radical (unpaired) electrons. The van der Waals surface area contributed by atoms with Crippen LogP contribution in [0.4, 0.5) is 11.5 Å². The van der Waals surface area contributed by atoms with E-state index in [0.717, 1.165) is 18.1 Å². The molecule has 0 amide bonds. The van der Waals surface area contributed by atoms with Crippen molar-refractivity contribution in [2.75, 3.05) is 22.9 Å². The Bertz CT molecular complexity index is 518. The van der Waals surface area contributed by atoms with E-state index >= 15 is 0 Å². The summed E-state index contributed by atoms with van der Waals surface area (Å²) in [6, 6.07) is 14.2. The Hall–Kier alpha value is -1.72. The van der Waals surface area contributed by atoms with Gasteiger partial charge in [0.25, 0.3) is 0 Å². The molecule has 1 aromatic carbocycles. The molecule has 0 aliphatic carbocycles.